The number of carboxylic acid groups (broad SMARTS) is 1. The molecule has 0 saturated carbocycles. The lowest BCUT2D eigenvalue weighted by atomic mass is 9.90. The minimum Gasteiger partial charge on any atom is -0.481 e. The maximum atomic E-state index is 12.9. The highest BCUT2D eigenvalue weighted by atomic mass is 16.4. The molecule has 0 radical (unpaired) electrons. The molecule has 1 unspecified atom stereocenters. The molecular formula is C18H21N3O3. The molecule has 126 valence electrons. The van der Waals surface area contributed by atoms with Gasteiger partial charge in [0.2, 0.25) is 0 Å². The second kappa shape index (κ2) is 6.11. The molecule has 3 rings (SSSR count). The fourth-order valence-electron chi connectivity index (χ4n) is 3.16. The number of para-hydroxylation sites is 1. The fraction of sp³-hybridized carbons (Fsp3) is 0.389. The highest BCUT2D eigenvalue weighted by Gasteiger charge is 2.42. The summed E-state index contributed by atoms with van der Waals surface area (Å²) in [5.74, 6) is -0.993. The molecule has 0 bridgehead atoms. The van der Waals surface area contributed by atoms with Crippen LogP contribution < -0.4 is 0 Å². The van der Waals surface area contributed by atoms with Crippen LogP contribution in [0.2, 0.25) is 0 Å². The number of hydrogen-bond donors (Lipinski definition) is 1. The zero-order valence-corrected chi connectivity index (χ0v) is 13.9. The van der Waals surface area contributed by atoms with Gasteiger partial charge in [-0.1, -0.05) is 25.1 Å². The van der Waals surface area contributed by atoms with Crippen molar-refractivity contribution in [3.05, 3.63) is 47.8 Å². The molecule has 2 heterocycles. The summed E-state index contributed by atoms with van der Waals surface area (Å²) in [6.45, 7) is 4.37. The van der Waals surface area contributed by atoms with Gasteiger partial charge in [0, 0.05) is 13.1 Å². The third kappa shape index (κ3) is 2.68. The Balaban J connectivity index is 1.89. The number of nitrogens with zero attached hydrogens (tertiary/aromatic N) is 3. The van der Waals surface area contributed by atoms with Gasteiger partial charge < -0.3 is 10.0 Å². The molecule has 1 fully saturated rings. The van der Waals surface area contributed by atoms with Gasteiger partial charge in [-0.25, -0.2) is 4.68 Å². The van der Waals surface area contributed by atoms with Crippen LogP contribution in [0, 0.1) is 5.41 Å². The zero-order chi connectivity index (χ0) is 17.3. The summed E-state index contributed by atoms with van der Waals surface area (Å²) in [7, 11) is 0. The highest BCUT2D eigenvalue weighted by Crippen LogP contribution is 2.31. The second-order valence-electron chi connectivity index (χ2n) is 6.45. The monoisotopic (exact) mass is 327 g/mol. The van der Waals surface area contributed by atoms with Crippen molar-refractivity contribution in [2.24, 2.45) is 5.41 Å². The van der Waals surface area contributed by atoms with Crippen LogP contribution in [-0.2, 0) is 11.2 Å². The quantitative estimate of drug-likeness (QED) is 0.935. The third-order valence-corrected chi connectivity index (χ3v) is 4.71. The van der Waals surface area contributed by atoms with Crippen LogP contribution in [0.5, 0.6) is 0 Å². The van der Waals surface area contributed by atoms with E-state index in [1.807, 2.05) is 37.3 Å². The van der Waals surface area contributed by atoms with E-state index in [4.69, 9.17) is 0 Å². The molecule has 0 spiro atoms. The van der Waals surface area contributed by atoms with E-state index in [2.05, 4.69) is 5.10 Å². The molecule has 6 nitrogen and oxygen atoms in total. The van der Waals surface area contributed by atoms with Gasteiger partial charge in [0.15, 0.2) is 0 Å². The topological polar surface area (TPSA) is 75.4 Å². The van der Waals surface area contributed by atoms with Gasteiger partial charge in [-0.3, -0.25) is 9.59 Å². The Morgan fingerprint density at radius 3 is 2.58 bits per heavy atom. The van der Waals surface area contributed by atoms with Crippen LogP contribution in [0.25, 0.3) is 5.69 Å². The predicted molar refractivity (Wildman–Crippen MR) is 89.2 cm³/mol. The van der Waals surface area contributed by atoms with Crippen molar-refractivity contribution >= 4 is 11.9 Å². The van der Waals surface area contributed by atoms with Gasteiger partial charge in [-0.05, 0) is 31.9 Å². The average molecular weight is 327 g/mol. The number of aromatic nitrogens is 2. The van der Waals surface area contributed by atoms with Crippen LogP contribution in [0.3, 0.4) is 0 Å². The lowest BCUT2D eigenvalue weighted by Gasteiger charge is -2.20. The van der Waals surface area contributed by atoms with Gasteiger partial charge in [0.05, 0.1) is 28.6 Å². The van der Waals surface area contributed by atoms with Crippen molar-refractivity contribution in [2.75, 3.05) is 13.1 Å². The van der Waals surface area contributed by atoms with E-state index in [1.54, 1.807) is 22.7 Å². The first kappa shape index (κ1) is 16.2. The van der Waals surface area contributed by atoms with Crippen molar-refractivity contribution < 1.29 is 14.7 Å². The molecule has 0 aliphatic carbocycles. The fourth-order valence-corrected chi connectivity index (χ4v) is 3.16. The number of carbonyl (C=O) groups excluding carboxylic acids is 1. The maximum Gasteiger partial charge on any atom is 0.311 e. The Morgan fingerprint density at radius 2 is 2.00 bits per heavy atom. The summed E-state index contributed by atoms with van der Waals surface area (Å²) < 4.78 is 1.78. The Kier molecular flexibility index (Phi) is 4.13. The Labute approximate surface area is 140 Å². The van der Waals surface area contributed by atoms with Crippen LogP contribution >= 0.6 is 0 Å². The largest absolute Gasteiger partial charge is 0.481 e. The van der Waals surface area contributed by atoms with E-state index in [0.29, 0.717) is 24.9 Å². The summed E-state index contributed by atoms with van der Waals surface area (Å²) in [5.41, 5.74) is 1.44. The summed E-state index contributed by atoms with van der Waals surface area (Å²) >= 11 is 0. The van der Waals surface area contributed by atoms with E-state index >= 15 is 0 Å². The van der Waals surface area contributed by atoms with Gasteiger partial charge in [-0.15, -0.1) is 0 Å². The van der Waals surface area contributed by atoms with E-state index in [1.165, 1.54) is 0 Å². The molecular weight excluding hydrogens is 306 g/mol. The van der Waals surface area contributed by atoms with Crippen molar-refractivity contribution in [1.82, 2.24) is 14.7 Å². The molecule has 1 aromatic carbocycles. The number of amides is 1. The number of carboxylic acids is 1. The number of likely N-dealkylation sites (tertiary alicyclic amines) is 1. The average Bonchev–Trinajstić information content (AvgIpc) is 3.19. The molecule has 1 aromatic heterocycles. The number of carbonyl (C=O) groups is 2. The van der Waals surface area contributed by atoms with Crippen LogP contribution in [0.15, 0.2) is 36.5 Å². The lowest BCUT2D eigenvalue weighted by molar-refractivity contribution is -0.147. The first-order chi connectivity index (χ1) is 11.5. The zero-order valence-electron chi connectivity index (χ0n) is 13.9. The van der Waals surface area contributed by atoms with Gasteiger partial charge in [0.1, 0.15) is 0 Å². The number of rotatable bonds is 4. The van der Waals surface area contributed by atoms with Gasteiger partial charge in [0.25, 0.3) is 5.91 Å². The second-order valence-corrected chi connectivity index (χ2v) is 6.45. The van der Waals surface area contributed by atoms with Gasteiger partial charge >= 0.3 is 5.97 Å². The van der Waals surface area contributed by atoms with Crippen molar-refractivity contribution in [1.29, 1.82) is 0 Å². The van der Waals surface area contributed by atoms with Crippen LogP contribution in [0.1, 0.15) is 36.3 Å². The molecule has 2 aromatic rings. The molecule has 1 amide bonds. The number of hydrogen-bond acceptors (Lipinski definition) is 3. The third-order valence-electron chi connectivity index (χ3n) is 4.71. The minimum absolute atomic E-state index is 0.140. The lowest BCUT2D eigenvalue weighted by Crippen LogP contribution is -2.35. The molecule has 6 heteroatoms. The van der Waals surface area contributed by atoms with Crippen LogP contribution in [0.4, 0.5) is 0 Å². The molecule has 1 atom stereocenters. The van der Waals surface area contributed by atoms with Crippen LogP contribution in [-0.4, -0.2) is 44.8 Å². The standard InChI is InChI=1S/C18H21N3O3/c1-3-15-14(11-19-21(15)13-7-5-4-6-8-13)16(22)20-10-9-18(2,12-20)17(23)24/h4-8,11H,3,9-10,12H2,1-2H3,(H,23,24). The van der Waals surface area contributed by atoms with Crippen molar-refractivity contribution in [3.63, 3.8) is 0 Å². The molecule has 1 aliphatic heterocycles. The Morgan fingerprint density at radius 1 is 1.29 bits per heavy atom. The number of benzene rings is 1. The van der Waals surface area contributed by atoms with E-state index in [-0.39, 0.29) is 12.5 Å². The van der Waals surface area contributed by atoms with E-state index in [9.17, 15) is 14.7 Å². The Bertz CT molecular complexity index is 769. The smallest absolute Gasteiger partial charge is 0.311 e. The summed E-state index contributed by atoms with van der Waals surface area (Å²) in [6, 6.07) is 9.67. The minimum atomic E-state index is -0.864. The molecule has 24 heavy (non-hydrogen) atoms. The van der Waals surface area contributed by atoms with E-state index < -0.39 is 11.4 Å². The summed E-state index contributed by atoms with van der Waals surface area (Å²) in [4.78, 5) is 25.9. The van der Waals surface area contributed by atoms with Gasteiger partial charge in [-0.2, -0.15) is 5.10 Å². The highest BCUT2D eigenvalue weighted by molar-refractivity contribution is 5.96. The molecule has 1 N–H and O–H groups in total. The first-order valence-corrected chi connectivity index (χ1v) is 8.11. The number of aliphatic carboxylic acids is 1. The first-order valence-electron chi connectivity index (χ1n) is 8.11. The van der Waals surface area contributed by atoms with Crippen molar-refractivity contribution in [3.8, 4) is 5.69 Å². The summed E-state index contributed by atoms with van der Waals surface area (Å²) in [5, 5.41) is 13.7. The normalized spacial score (nSPS) is 20.3. The molecule has 1 aliphatic rings. The molecule has 1 saturated heterocycles. The predicted octanol–water partition coefficient (Wildman–Crippen LogP) is 2.37. The summed E-state index contributed by atoms with van der Waals surface area (Å²) in [6.07, 6.45) is 2.73. The van der Waals surface area contributed by atoms with Crippen molar-refractivity contribution in [2.45, 2.75) is 26.7 Å². The van der Waals surface area contributed by atoms with E-state index in [0.717, 1.165) is 11.4 Å². The SMILES string of the molecule is CCc1c(C(=O)N2CCC(C)(C(=O)O)C2)cnn1-c1ccccc1. The Hall–Kier alpha value is -2.63. The maximum absolute atomic E-state index is 12.9.